The van der Waals surface area contributed by atoms with Crippen molar-refractivity contribution in [3.8, 4) is 0 Å². The number of hydrogen-bond acceptors (Lipinski definition) is 4. The molecule has 1 atom stereocenters. The van der Waals surface area contributed by atoms with Crippen LogP contribution in [0.5, 0.6) is 0 Å². The Bertz CT molecular complexity index is 871. The molecule has 1 aromatic heterocycles. The fourth-order valence-electron chi connectivity index (χ4n) is 2.97. The van der Waals surface area contributed by atoms with Crippen LogP contribution in [0.3, 0.4) is 0 Å². The van der Waals surface area contributed by atoms with Gasteiger partial charge >= 0.3 is 5.97 Å². The fourth-order valence-corrected chi connectivity index (χ4v) is 4.38. The van der Waals surface area contributed by atoms with Crippen molar-refractivity contribution in [2.75, 3.05) is 6.54 Å². The van der Waals surface area contributed by atoms with E-state index in [1.54, 1.807) is 35.2 Å². The number of carbonyl (C=O) groups is 1. The van der Waals surface area contributed by atoms with Crippen LogP contribution in [0.25, 0.3) is 0 Å². The van der Waals surface area contributed by atoms with E-state index in [1.165, 1.54) is 4.31 Å². The van der Waals surface area contributed by atoms with E-state index in [1.807, 2.05) is 13.8 Å². The largest absolute Gasteiger partial charge is 0.481 e. The number of imidazole rings is 1. The molecule has 0 spiro atoms. The number of carboxylic acid groups (broad SMARTS) is 1. The smallest absolute Gasteiger partial charge is 0.313 e. The van der Waals surface area contributed by atoms with Gasteiger partial charge in [0.2, 0.25) is 10.0 Å². The summed E-state index contributed by atoms with van der Waals surface area (Å²) in [6, 6.07) is 6.53. The molecule has 8 heteroatoms. The number of hydrogen-bond donors (Lipinski definition) is 1. The molecule has 3 rings (SSSR count). The van der Waals surface area contributed by atoms with Gasteiger partial charge < -0.3 is 9.67 Å². The zero-order valence-electron chi connectivity index (χ0n) is 13.5. The second-order valence-electron chi connectivity index (χ2n) is 5.86. The number of benzene rings is 1. The summed E-state index contributed by atoms with van der Waals surface area (Å²) < 4.78 is 28.7. The van der Waals surface area contributed by atoms with Crippen LogP contribution >= 0.6 is 0 Å². The first kappa shape index (κ1) is 16.7. The summed E-state index contributed by atoms with van der Waals surface area (Å²) in [7, 11) is -3.76. The van der Waals surface area contributed by atoms with Gasteiger partial charge in [-0.2, -0.15) is 4.31 Å². The van der Waals surface area contributed by atoms with Crippen molar-refractivity contribution >= 4 is 16.0 Å². The molecular weight excluding hydrogens is 330 g/mol. The van der Waals surface area contributed by atoms with E-state index < -0.39 is 21.9 Å². The summed E-state index contributed by atoms with van der Waals surface area (Å²) in [5.41, 5.74) is 2.06. The lowest BCUT2D eigenvalue weighted by Gasteiger charge is -2.30. The van der Waals surface area contributed by atoms with E-state index in [0.717, 1.165) is 5.56 Å². The summed E-state index contributed by atoms with van der Waals surface area (Å²) in [6.45, 7) is 4.36. The minimum absolute atomic E-state index is 0.0856. The van der Waals surface area contributed by atoms with Crippen LogP contribution in [0.15, 0.2) is 35.5 Å². The van der Waals surface area contributed by atoms with Crippen molar-refractivity contribution in [2.24, 2.45) is 0 Å². The van der Waals surface area contributed by atoms with Crippen molar-refractivity contribution in [3.63, 3.8) is 0 Å². The topological polar surface area (TPSA) is 92.5 Å². The number of rotatable bonds is 4. The molecule has 1 aromatic carbocycles. The van der Waals surface area contributed by atoms with Crippen LogP contribution in [0.2, 0.25) is 0 Å². The van der Waals surface area contributed by atoms with Gasteiger partial charge in [-0.15, -0.1) is 0 Å². The van der Waals surface area contributed by atoms with Gasteiger partial charge in [0, 0.05) is 13.1 Å². The van der Waals surface area contributed by atoms with E-state index in [2.05, 4.69) is 4.98 Å². The molecule has 128 valence electrons. The average molecular weight is 349 g/mol. The van der Waals surface area contributed by atoms with E-state index >= 15 is 0 Å². The molecule has 0 bridgehead atoms. The Morgan fingerprint density at radius 1 is 1.33 bits per heavy atom. The second-order valence-corrected chi connectivity index (χ2v) is 7.80. The van der Waals surface area contributed by atoms with Gasteiger partial charge in [-0.1, -0.05) is 17.7 Å². The predicted molar refractivity (Wildman–Crippen MR) is 87.1 cm³/mol. The summed E-state index contributed by atoms with van der Waals surface area (Å²) >= 11 is 0. The molecule has 0 aliphatic carbocycles. The Balaban J connectivity index is 2.02. The maximum atomic E-state index is 12.9. The Morgan fingerprint density at radius 2 is 2.00 bits per heavy atom. The number of aliphatic carboxylic acids is 1. The molecule has 2 aromatic rings. The second kappa shape index (κ2) is 6.03. The number of carboxylic acids is 1. The van der Waals surface area contributed by atoms with Crippen molar-refractivity contribution in [2.45, 2.75) is 37.8 Å². The number of nitrogens with zero attached hydrogens (tertiary/aromatic N) is 3. The Morgan fingerprint density at radius 3 is 2.58 bits per heavy atom. The van der Waals surface area contributed by atoms with Crippen LogP contribution < -0.4 is 0 Å². The summed E-state index contributed by atoms with van der Waals surface area (Å²) in [4.78, 5) is 16.1. The summed E-state index contributed by atoms with van der Waals surface area (Å²) in [5.74, 6) is -1.97. The van der Waals surface area contributed by atoms with Crippen LogP contribution in [0.4, 0.5) is 0 Å². The first-order valence-corrected chi connectivity index (χ1v) is 9.12. The van der Waals surface area contributed by atoms with E-state index in [9.17, 15) is 18.3 Å². The monoisotopic (exact) mass is 349 g/mol. The quantitative estimate of drug-likeness (QED) is 0.905. The lowest BCUT2D eigenvalue weighted by Crippen LogP contribution is -2.41. The number of aryl methyl sites for hydroxylation is 2. The molecule has 0 fully saturated rings. The summed E-state index contributed by atoms with van der Waals surface area (Å²) in [6.07, 6.45) is 1.57. The molecule has 24 heavy (non-hydrogen) atoms. The molecule has 0 amide bonds. The van der Waals surface area contributed by atoms with Crippen LogP contribution in [0, 0.1) is 6.92 Å². The van der Waals surface area contributed by atoms with Gasteiger partial charge in [0.1, 0.15) is 5.92 Å². The average Bonchev–Trinajstić information content (AvgIpc) is 2.97. The van der Waals surface area contributed by atoms with Crippen molar-refractivity contribution < 1.29 is 18.3 Å². The van der Waals surface area contributed by atoms with Gasteiger partial charge in [-0.25, -0.2) is 13.4 Å². The maximum Gasteiger partial charge on any atom is 0.313 e. The lowest BCUT2D eigenvalue weighted by atomic mass is 10.00. The third-order valence-corrected chi connectivity index (χ3v) is 6.12. The van der Waals surface area contributed by atoms with Gasteiger partial charge in [-0.3, -0.25) is 4.79 Å². The molecule has 1 unspecified atom stereocenters. The molecule has 0 saturated carbocycles. The van der Waals surface area contributed by atoms with Crippen molar-refractivity contribution in [1.82, 2.24) is 13.9 Å². The molecule has 0 saturated heterocycles. The Hall–Kier alpha value is -2.19. The van der Waals surface area contributed by atoms with Crippen LogP contribution in [-0.2, 0) is 27.9 Å². The van der Waals surface area contributed by atoms with Gasteiger partial charge in [-0.05, 0) is 26.0 Å². The third kappa shape index (κ3) is 2.71. The zero-order chi connectivity index (χ0) is 17.5. The minimum Gasteiger partial charge on any atom is -0.481 e. The molecule has 1 aliphatic rings. The normalized spacial score (nSPS) is 18.3. The van der Waals surface area contributed by atoms with Crippen LogP contribution in [0.1, 0.15) is 29.8 Å². The molecule has 2 heterocycles. The third-order valence-electron chi connectivity index (χ3n) is 4.30. The minimum atomic E-state index is -3.76. The highest BCUT2D eigenvalue weighted by molar-refractivity contribution is 7.89. The fraction of sp³-hybridized carbons (Fsp3) is 0.375. The number of sulfonamides is 1. The summed E-state index contributed by atoms with van der Waals surface area (Å²) in [5, 5.41) is 9.55. The standard InChI is InChI=1S/C16H19N3O4S/c1-3-18-10-17-14-9-19(8-13(15(14)18)16(20)21)24(22,23)12-6-4-11(2)5-7-12/h4-7,10,13H,3,8-9H2,1-2H3,(H,20,21). The number of aromatic nitrogens is 2. The van der Waals surface area contributed by atoms with Crippen LogP contribution in [-0.4, -0.2) is 39.9 Å². The first-order chi connectivity index (χ1) is 11.3. The number of fused-ring (bicyclic) bond motifs is 1. The van der Waals surface area contributed by atoms with E-state index in [0.29, 0.717) is 17.9 Å². The SMILES string of the molecule is CCn1cnc2c1C(C(=O)O)CN(S(=O)(=O)c1ccc(C)cc1)C2. The molecule has 1 N–H and O–H groups in total. The highest BCUT2D eigenvalue weighted by Gasteiger charge is 2.39. The predicted octanol–water partition coefficient (Wildman–Crippen LogP) is 1.58. The van der Waals surface area contributed by atoms with Crippen molar-refractivity contribution in [1.29, 1.82) is 0 Å². The lowest BCUT2D eigenvalue weighted by molar-refractivity contribution is -0.139. The Kier molecular flexibility index (Phi) is 4.18. The molecule has 1 aliphatic heterocycles. The van der Waals surface area contributed by atoms with Gasteiger partial charge in [0.05, 0.1) is 29.2 Å². The van der Waals surface area contributed by atoms with Gasteiger partial charge in [0.15, 0.2) is 0 Å². The molecule has 7 nitrogen and oxygen atoms in total. The Labute approximate surface area is 140 Å². The molecule has 0 radical (unpaired) electrons. The molecular formula is C16H19N3O4S. The zero-order valence-corrected chi connectivity index (χ0v) is 14.3. The van der Waals surface area contributed by atoms with E-state index in [-0.39, 0.29) is 18.0 Å². The highest BCUT2D eigenvalue weighted by atomic mass is 32.2. The highest BCUT2D eigenvalue weighted by Crippen LogP contribution is 2.31. The first-order valence-electron chi connectivity index (χ1n) is 7.68. The van der Waals surface area contributed by atoms with E-state index in [4.69, 9.17) is 0 Å². The maximum absolute atomic E-state index is 12.9. The van der Waals surface area contributed by atoms with Gasteiger partial charge in [0.25, 0.3) is 0 Å². The van der Waals surface area contributed by atoms with Crippen molar-refractivity contribution in [3.05, 3.63) is 47.5 Å².